The SMILES string of the molecule is COc1cccc2sc(N(CCN(C)C)C(=O)C3=COCCO3)nc12.Cl. The maximum absolute atomic E-state index is 12.9. The third-order valence-corrected chi connectivity index (χ3v) is 4.74. The molecule has 0 fully saturated rings. The number of nitrogens with zero attached hydrogens (tertiary/aromatic N) is 3. The van der Waals surface area contributed by atoms with Crippen molar-refractivity contribution in [2.75, 3.05) is 52.4 Å². The van der Waals surface area contributed by atoms with Gasteiger partial charge in [0.05, 0.1) is 11.8 Å². The Hall–Kier alpha value is -2.03. The molecule has 1 aromatic heterocycles. The molecule has 142 valence electrons. The average molecular weight is 400 g/mol. The second-order valence-corrected chi connectivity index (χ2v) is 6.77. The van der Waals surface area contributed by atoms with E-state index < -0.39 is 0 Å². The summed E-state index contributed by atoms with van der Waals surface area (Å²) in [4.78, 5) is 21.2. The Morgan fingerprint density at radius 2 is 2.12 bits per heavy atom. The molecule has 2 aromatic rings. The summed E-state index contributed by atoms with van der Waals surface area (Å²) in [6, 6.07) is 5.74. The van der Waals surface area contributed by atoms with Crippen LogP contribution in [0.15, 0.2) is 30.2 Å². The molecule has 1 aromatic carbocycles. The summed E-state index contributed by atoms with van der Waals surface area (Å²) in [6.45, 7) is 2.02. The van der Waals surface area contributed by atoms with E-state index in [0.717, 1.165) is 10.2 Å². The number of methoxy groups -OCH3 is 1. The lowest BCUT2D eigenvalue weighted by atomic mass is 10.3. The van der Waals surface area contributed by atoms with E-state index in [1.54, 1.807) is 12.0 Å². The van der Waals surface area contributed by atoms with Crippen molar-refractivity contribution in [3.8, 4) is 5.75 Å². The van der Waals surface area contributed by atoms with E-state index in [9.17, 15) is 4.79 Å². The van der Waals surface area contributed by atoms with Crippen LogP contribution in [0, 0.1) is 0 Å². The van der Waals surface area contributed by atoms with Crippen molar-refractivity contribution in [3.63, 3.8) is 0 Å². The largest absolute Gasteiger partial charge is 0.494 e. The molecule has 7 nitrogen and oxygen atoms in total. The molecule has 0 spiro atoms. The number of carbonyl (C=O) groups is 1. The van der Waals surface area contributed by atoms with E-state index in [1.807, 2.05) is 37.2 Å². The molecular formula is C17H22ClN3O4S. The number of hydrogen-bond acceptors (Lipinski definition) is 7. The fraction of sp³-hybridized carbons (Fsp3) is 0.412. The number of likely N-dealkylation sites (N-methyl/N-ethyl adjacent to an activating group) is 1. The van der Waals surface area contributed by atoms with Crippen molar-refractivity contribution >= 4 is 45.0 Å². The van der Waals surface area contributed by atoms with E-state index >= 15 is 0 Å². The van der Waals surface area contributed by atoms with Crippen LogP contribution in [-0.2, 0) is 14.3 Å². The Morgan fingerprint density at radius 1 is 1.31 bits per heavy atom. The Morgan fingerprint density at radius 3 is 2.77 bits per heavy atom. The summed E-state index contributed by atoms with van der Waals surface area (Å²) >= 11 is 1.45. The van der Waals surface area contributed by atoms with Gasteiger partial charge in [0.15, 0.2) is 5.13 Å². The van der Waals surface area contributed by atoms with Gasteiger partial charge in [0.1, 0.15) is 30.7 Å². The zero-order chi connectivity index (χ0) is 17.8. The predicted molar refractivity (Wildman–Crippen MR) is 104 cm³/mol. The molecule has 0 atom stereocenters. The fourth-order valence-electron chi connectivity index (χ4n) is 2.39. The van der Waals surface area contributed by atoms with Gasteiger partial charge in [-0.2, -0.15) is 0 Å². The second-order valence-electron chi connectivity index (χ2n) is 5.76. The summed E-state index contributed by atoms with van der Waals surface area (Å²) in [7, 11) is 5.54. The van der Waals surface area contributed by atoms with Crippen LogP contribution in [-0.4, -0.2) is 63.3 Å². The Labute approximate surface area is 162 Å². The number of para-hydroxylation sites is 1. The number of carbonyl (C=O) groups excluding carboxylic acids is 1. The smallest absolute Gasteiger partial charge is 0.298 e. The molecule has 0 unspecified atom stereocenters. The first-order valence-electron chi connectivity index (χ1n) is 7.95. The minimum absolute atomic E-state index is 0. The number of aromatic nitrogens is 1. The summed E-state index contributed by atoms with van der Waals surface area (Å²) in [5.74, 6) is 0.646. The highest BCUT2D eigenvalue weighted by atomic mass is 35.5. The molecular weight excluding hydrogens is 378 g/mol. The van der Waals surface area contributed by atoms with Crippen LogP contribution in [0.25, 0.3) is 10.2 Å². The third kappa shape index (κ3) is 4.38. The van der Waals surface area contributed by atoms with Crippen LogP contribution >= 0.6 is 23.7 Å². The Bertz CT molecular complexity index is 793. The van der Waals surface area contributed by atoms with E-state index in [4.69, 9.17) is 14.2 Å². The molecule has 1 aliphatic heterocycles. The van der Waals surface area contributed by atoms with Crippen molar-refractivity contribution in [1.29, 1.82) is 0 Å². The van der Waals surface area contributed by atoms with Gasteiger partial charge < -0.3 is 19.1 Å². The van der Waals surface area contributed by atoms with Crippen LogP contribution < -0.4 is 9.64 Å². The zero-order valence-corrected chi connectivity index (χ0v) is 16.6. The van der Waals surface area contributed by atoms with Crippen LogP contribution in [0.3, 0.4) is 0 Å². The summed E-state index contributed by atoms with van der Waals surface area (Å²) in [5, 5.41) is 0.612. The van der Waals surface area contributed by atoms with Crippen molar-refractivity contribution in [1.82, 2.24) is 9.88 Å². The fourth-order valence-corrected chi connectivity index (χ4v) is 3.40. The van der Waals surface area contributed by atoms with Gasteiger partial charge in [-0.1, -0.05) is 17.4 Å². The minimum atomic E-state index is -0.250. The number of hydrogen-bond donors (Lipinski definition) is 0. The second kappa shape index (κ2) is 9.07. The molecule has 0 N–H and O–H groups in total. The van der Waals surface area contributed by atoms with Gasteiger partial charge in [-0.3, -0.25) is 9.69 Å². The Kier molecular flexibility index (Phi) is 7.07. The molecule has 3 rings (SSSR count). The third-order valence-electron chi connectivity index (χ3n) is 3.70. The van der Waals surface area contributed by atoms with Gasteiger partial charge in [-0.15, -0.1) is 12.4 Å². The number of thiazole rings is 1. The summed E-state index contributed by atoms with van der Waals surface area (Å²) in [5.41, 5.74) is 0.752. The maximum atomic E-state index is 12.9. The molecule has 1 amide bonds. The highest BCUT2D eigenvalue weighted by molar-refractivity contribution is 7.22. The number of rotatable bonds is 6. The average Bonchev–Trinajstić information content (AvgIpc) is 3.06. The molecule has 0 saturated heterocycles. The standard InChI is InChI=1S/C17H21N3O4S.ClH/c1-19(2)7-8-20(16(21)13-11-23-9-10-24-13)17-18-15-12(22-3)5-4-6-14(15)25-17;/h4-6,11H,7-10H2,1-3H3;1H. The number of anilines is 1. The first-order chi connectivity index (χ1) is 12.1. The van der Waals surface area contributed by atoms with Gasteiger partial charge in [-0.05, 0) is 26.2 Å². The minimum Gasteiger partial charge on any atom is -0.494 e. The number of benzene rings is 1. The lowest BCUT2D eigenvalue weighted by Crippen LogP contribution is -2.38. The quantitative estimate of drug-likeness (QED) is 0.743. The van der Waals surface area contributed by atoms with Gasteiger partial charge in [0, 0.05) is 13.1 Å². The van der Waals surface area contributed by atoms with E-state index in [-0.39, 0.29) is 24.1 Å². The van der Waals surface area contributed by atoms with Gasteiger partial charge in [-0.25, -0.2) is 4.98 Å². The Balaban J connectivity index is 0.00000243. The highest BCUT2D eigenvalue weighted by Gasteiger charge is 2.26. The predicted octanol–water partition coefficient (Wildman–Crippen LogP) is 2.51. The van der Waals surface area contributed by atoms with E-state index in [1.165, 1.54) is 17.6 Å². The molecule has 26 heavy (non-hydrogen) atoms. The maximum Gasteiger partial charge on any atom is 0.298 e. The first-order valence-corrected chi connectivity index (χ1v) is 8.76. The lowest BCUT2D eigenvalue weighted by molar-refractivity contribution is -0.119. The number of halogens is 1. The number of amides is 1. The van der Waals surface area contributed by atoms with E-state index in [0.29, 0.717) is 37.2 Å². The highest BCUT2D eigenvalue weighted by Crippen LogP contribution is 2.34. The first kappa shape index (κ1) is 20.3. The molecule has 9 heteroatoms. The summed E-state index contributed by atoms with van der Waals surface area (Å²) < 4.78 is 17.0. The molecule has 1 aliphatic rings. The monoisotopic (exact) mass is 399 g/mol. The lowest BCUT2D eigenvalue weighted by Gasteiger charge is -2.24. The van der Waals surface area contributed by atoms with E-state index in [2.05, 4.69) is 4.98 Å². The van der Waals surface area contributed by atoms with Crippen molar-refractivity contribution in [2.24, 2.45) is 0 Å². The topological polar surface area (TPSA) is 64.1 Å². The molecule has 0 aliphatic carbocycles. The van der Waals surface area contributed by atoms with Crippen LogP contribution in [0.1, 0.15) is 0 Å². The normalized spacial score (nSPS) is 13.5. The van der Waals surface area contributed by atoms with Crippen LogP contribution in [0.4, 0.5) is 5.13 Å². The number of ether oxygens (including phenoxy) is 3. The van der Waals surface area contributed by atoms with Gasteiger partial charge >= 0.3 is 0 Å². The molecule has 0 bridgehead atoms. The van der Waals surface area contributed by atoms with Gasteiger partial charge in [0.25, 0.3) is 5.91 Å². The van der Waals surface area contributed by atoms with Crippen LogP contribution in [0.2, 0.25) is 0 Å². The van der Waals surface area contributed by atoms with Crippen molar-refractivity contribution < 1.29 is 19.0 Å². The van der Waals surface area contributed by atoms with Crippen molar-refractivity contribution in [2.45, 2.75) is 0 Å². The molecule has 0 saturated carbocycles. The van der Waals surface area contributed by atoms with Gasteiger partial charge in [0.2, 0.25) is 5.76 Å². The summed E-state index contributed by atoms with van der Waals surface area (Å²) in [6.07, 6.45) is 1.38. The van der Waals surface area contributed by atoms with Crippen LogP contribution in [0.5, 0.6) is 5.75 Å². The molecule has 2 heterocycles. The molecule has 0 radical (unpaired) electrons. The number of fused-ring (bicyclic) bond motifs is 1. The van der Waals surface area contributed by atoms with Crippen molar-refractivity contribution in [3.05, 3.63) is 30.2 Å². The zero-order valence-electron chi connectivity index (χ0n) is 14.9.